The second-order valence-corrected chi connectivity index (χ2v) is 3.72. The smallest absolute Gasteiger partial charge is 0.309 e. The number of hydrogen-bond donors (Lipinski definition) is 1. The first-order chi connectivity index (χ1) is 7.54. The molecule has 16 heavy (non-hydrogen) atoms. The summed E-state index contributed by atoms with van der Waals surface area (Å²) in [6, 6.07) is -0.0142. The highest BCUT2D eigenvalue weighted by Crippen LogP contribution is 2.05. The number of ether oxygens (including phenoxy) is 1. The summed E-state index contributed by atoms with van der Waals surface area (Å²) in [7, 11) is 1.38. The van der Waals surface area contributed by atoms with Crippen molar-refractivity contribution in [1.82, 2.24) is 15.5 Å². The van der Waals surface area contributed by atoms with Crippen LogP contribution in [0.4, 0.5) is 0 Å². The molecule has 0 saturated heterocycles. The molecule has 0 fully saturated rings. The number of nitrogens with one attached hydrogen (secondary N) is 1. The normalized spacial score (nSPS) is 14.5. The molecule has 0 amide bonds. The van der Waals surface area contributed by atoms with E-state index in [2.05, 4.69) is 20.2 Å². The largest absolute Gasteiger partial charge is 0.469 e. The van der Waals surface area contributed by atoms with Crippen LogP contribution < -0.4 is 5.32 Å². The van der Waals surface area contributed by atoms with E-state index < -0.39 is 0 Å². The fourth-order valence-electron chi connectivity index (χ4n) is 1.23. The first kappa shape index (κ1) is 12.6. The van der Waals surface area contributed by atoms with Crippen molar-refractivity contribution in [3.63, 3.8) is 0 Å². The zero-order chi connectivity index (χ0) is 12.1. The summed E-state index contributed by atoms with van der Waals surface area (Å²) in [5, 5.41) is 6.80. The van der Waals surface area contributed by atoms with E-state index >= 15 is 0 Å². The van der Waals surface area contributed by atoms with Gasteiger partial charge < -0.3 is 14.6 Å². The van der Waals surface area contributed by atoms with E-state index in [0.29, 0.717) is 18.3 Å². The van der Waals surface area contributed by atoms with Crippen molar-refractivity contribution in [2.45, 2.75) is 33.4 Å². The topological polar surface area (TPSA) is 77.2 Å². The lowest BCUT2D eigenvalue weighted by Gasteiger charge is -2.17. The molecule has 90 valence electrons. The van der Waals surface area contributed by atoms with Gasteiger partial charge >= 0.3 is 5.97 Å². The van der Waals surface area contributed by atoms with Gasteiger partial charge in [0, 0.05) is 6.04 Å². The van der Waals surface area contributed by atoms with Gasteiger partial charge in [-0.25, -0.2) is 0 Å². The average Bonchev–Trinajstić information content (AvgIpc) is 2.69. The third-order valence-electron chi connectivity index (χ3n) is 2.47. The van der Waals surface area contributed by atoms with E-state index in [1.807, 2.05) is 13.8 Å². The monoisotopic (exact) mass is 227 g/mol. The van der Waals surface area contributed by atoms with E-state index in [-0.39, 0.29) is 17.9 Å². The van der Waals surface area contributed by atoms with Crippen LogP contribution in [0.15, 0.2) is 4.52 Å². The van der Waals surface area contributed by atoms with E-state index in [9.17, 15) is 4.79 Å². The van der Waals surface area contributed by atoms with Gasteiger partial charge in [0.15, 0.2) is 5.82 Å². The Morgan fingerprint density at radius 2 is 2.25 bits per heavy atom. The van der Waals surface area contributed by atoms with Gasteiger partial charge in [-0.2, -0.15) is 4.98 Å². The summed E-state index contributed by atoms with van der Waals surface area (Å²) in [6.07, 6.45) is 0. The van der Waals surface area contributed by atoms with E-state index in [1.54, 1.807) is 6.92 Å². The summed E-state index contributed by atoms with van der Waals surface area (Å²) in [6.45, 7) is 5.92. The molecule has 0 aliphatic carbocycles. The van der Waals surface area contributed by atoms with Crippen LogP contribution in [0.5, 0.6) is 0 Å². The highest BCUT2D eigenvalue weighted by atomic mass is 16.5. The van der Waals surface area contributed by atoms with Crippen molar-refractivity contribution < 1.29 is 14.1 Å². The molecule has 1 rings (SSSR count). The van der Waals surface area contributed by atoms with Crippen LogP contribution in [0.1, 0.15) is 25.6 Å². The summed E-state index contributed by atoms with van der Waals surface area (Å²) in [4.78, 5) is 15.3. The number of rotatable bonds is 5. The lowest BCUT2D eigenvalue weighted by molar-refractivity contribution is -0.145. The quantitative estimate of drug-likeness (QED) is 0.745. The van der Waals surface area contributed by atoms with Crippen LogP contribution in [0, 0.1) is 12.8 Å². The Bertz CT molecular complexity index is 351. The summed E-state index contributed by atoms with van der Waals surface area (Å²) in [5.41, 5.74) is 0. The van der Waals surface area contributed by atoms with Gasteiger partial charge in [0.25, 0.3) is 0 Å². The molecule has 1 heterocycles. The van der Waals surface area contributed by atoms with Crippen LogP contribution >= 0.6 is 0 Å². The summed E-state index contributed by atoms with van der Waals surface area (Å²) < 4.78 is 9.60. The van der Waals surface area contributed by atoms with Crippen molar-refractivity contribution in [1.29, 1.82) is 0 Å². The standard InChI is InChI=1S/C10H17N3O3/c1-6(10(14)15-4)7(2)11-5-9-12-8(3)13-16-9/h6-7,11H,5H2,1-4H3. The SMILES string of the molecule is COC(=O)C(C)C(C)NCc1nc(C)no1. The second kappa shape index (κ2) is 5.60. The number of nitrogens with zero attached hydrogens (tertiary/aromatic N) is 2. The Morgan fingerprint density at radius 3 is 2.75 bits per heavy atom. The first-order valence-corrected chi connectivity index (χ1v) is 5.15. The van der Waals surface area contributed by atoms with Gasteiger partial charge in [0.2, 0.25) is 5.89 Å². The van der Waals surface area contributed by atoms with E-state index in [1.165, 1.54) is 7.11 Å². The number of carbonyl (C=O) groups is 1. The predicted octanol–water partition coefficient (Wildman–Crippen LogP) is 0.665. The Balaban J connectivity index is 2.40. The Hall–Kier alpha value is -1.43. The first-order valence-electron chi connectivity index (χ1n) is 5.15. The van der Waals surface area contributed by atoms with Crippen molar-refractivity contribution in [3.05, 3.63) is 11.7 Å². The van der Waals surface area contributed by atoms with Gasteiger partial charge in [0.05, 0.1) is 19.6 Å². The van der Waals surface area contributed by atoms with Crippen LogP contribution in [-0.4, -0.2) is 29.3 Å². The molecule has 0 aromatic carbocycles. The zero-order valence-corrected chi connectivity index (χ0v) is 9.98. The predicted molar refractivity (Wildman–Crippen MR) is 56.5 cm³/mol. The molecule has 0 spiro atoms. The van der Waals surface area contributed by atoms with Crippen molar-refractivity contribution >= 4 is 5.97 Å². The van der Waals surface area contributed by atoms with Gasteiger partial charge in [0.1, 0.15) is 0 Å². The third-order valence-corrected chi connectivity index (χ3v) is 2.47. The molecule has 0 bridgehead atoms. The molecule has 0 aliphatic rings. The van der Waals surface area contributed by atoms with Gasteiger partial charge in [-0.05, 0) is 13.8 Å². The number of methoxy groups -OCH3 is 1. The van der Waals surface area contributed by atoms with Crippen LogP contribution in [0.2, 0.25) is 0 Å². The zero-order valence-electron chi connectivity index (χ0n) is 9.98. The highest BCUT2D eigenvalue weighted by Gasteiger charge is 2.20. The van der Waals surface area contributed by atoms with Gasteiger partial charge in [-0.3, -0.25) is 4.79 Å². The Morgan fingerprint density at radius 1 is 1.56 bits per heavy atom. The third kappa shape index (κ3) is 3.30. The van der Waals surface area contributed by atoms with Crippen molar-refractivity contribution in [2.75, 3.05) is 7.11 Å². The van der Waals surface area contributed by atoms with Crippen LogP contribution in [-0.2, 0) is 16.1 Å². The van der Waals surface area contributed by atoms with Crippen molar-refractivity contribution in [2.24, 2.45) is 5.92 Å². The maximum atomic E-state index is 11.3. The fraction of sp³-hybridized carbons (Fsp3) is 0.700. The molecule has 6 heteroatoms. The second-order valence-electron chi connectivity index (χ2n) is 3.72. The molecule has 6 nitrogen and oxygen atoms in total. The minimum atomic E-state index is -0.235. The summed E-state index contributed by atoms with van der Waals surface area (Å²) in [5.74, 6) is 0.669. The molecule has 2 unspecified atom stereocenters. The molecule has 1 aromatic heterocycles. The molecular formula is C10H17N3O3. The molecule has 1 N–H and O–H groups in total. The minimum Gasteiger partial charge on any atom is -0.469 e. The lowest BCUT2D eigenvalue weighted by Crippen LogP contribution is -2.36. The molecule has 1 aromatic rings. The maximum Gasteiger partial charge on any atom is 0.309 e. The molecule has 0 saturated carbocycles. The lowest BCUT2D eigenvalue weighted by atomic mass is 10.0. The number of aromatic nitrogens is 2. The van der Waals surface area contributed by atoms with E-state index in [4.69, 9.17) is 4.52 Å². The molecular weight excluding hydrogens is 210 g/mol. The number of aryl methyl sites for hydroxylation is 1. The van der Waals surface area contributed by atoms with Crippen molar-refractivity contribution in [3.8, 4) is 0 Å². The molecule has 0 radical (unpaired) electrons. The Labute approximate surface area is 94.4 Å². The maximum absolute atomic E-state index is 11.3. The van der Waals surface area contributed by atoms with Crippen LogP contribution in [0.25, 0.3) is 0 Å². The van der Waals surface area contributed by atoms with Gasteiger partial charge in [-0.15, -0.1) is 0 Å². The van der Waals surface area contributed by atoms with E-state index in [0.717, 1.165) is 0 Å². The highest BCUT2D eigenvalue weighted by molar-refractivity contribution is 5.72. The summed E-state index contributed by atoms with van der Waals surface area (Å²) >= 11 is 0. The average molecular weight is 227 g/mol. The number of esters is 1. The Kier molecular flexibility index (Phi) is 4.42. The van der Waals surface area contributed by atoms with Gasteiger partial charge in [-0.1, -0.05) is 12.1 Å². The number of carbonyl (C=O) groups excluding carboxylic acids is 1. The fourth-order valence-corrected chi connectivity index (χ4v) is 1.23. The minimum absolute atomic E-state index is 0.0142. The molecule has 0 aliphatic heterocycles. The van der Waals surface area contributed by atoms with Crippen LogP contribution in [0.3, 0.4) is 0 Å². The molecule has 2 atom stereocenters. The number of hydrogen-bond acceptors (Lipinski definition) is 6.